The standard InChI is InChI=1S/C25H29F2N9O2/c1-38-24-23-17(16-3-4-20-21(13-16)35(12-7-26)32-30-20)5-11-36(23)31-25(29-24)28-19-6-10-33(14-18(19)27)15-22(37)34-8-2-9-34/h3-5,11,13,18-19H,2,6-10,12,14-15H2,1H3,(H,28,31)/t18-,19+/m1/s1. The zero-order valence-corrected chi connectivity index (χ0v) is 21.1. The summed E-state index contributed by atoms with van der Waals surface area (Å²) >= 11 is 0. The lowest BCUT2D eigenvalue weighted by atomic mass is 10.0. The summed E-state index contributed by atoms with van der Waals surface area (Å²) in [7, 11) is 1.53. The Bertz CT molecular complexity index is 1470. The highest BCUT2D eigenvalue weighted by Gasteiger charge is 2.32. The lowest BCUT2D eigenvalue weighted by Gasteiger charge is -2.37. The topological polar surface area (TPSA) is 106 Å². The van der Waals surface area contributed by atoms with E-state index in [0.29, 0.717) is 29.9 Å². The SMILES string of the molecule is COc1nc(N[C@H]2CCN(CC(=O)N3CCC3)C[C@H]2F)nn2ccc(-c3ccc4nnn(CCF)c4c3)c12. The molecule has 4 aromatic rings. The number of benzene rings is 1. The molecule has 0 spiro atoms. The lowest BCUT2D eigenvalue weighted by Crippen LogP contribution is -2.53. The molecular weight excluding hydrogens is 496 g/mol. The first-order chi connectivity index (χ1) is 18.5. The Balaban J connectivity index is 1.21. The van der Waals surface area contributed by atoms with Crippen LogP contribution >= 0.6 is 0 Å². The molecule has 11 nitrogen and oxygen atoms in total. The zero-order chi connectivity index (χ0) is 26.2. The van der Waals surface area contributed by atoms with Gasteiger partial charge in [-0.05, 0) is 36.6 Å². The summed E-state index contributed by atoms with van der Waals surface area (Å²) in [5, 5.41) is 15.8. The second-order valence-corrected chi connectivity index (χ2v) is 9.70. The second-order valence-electron chi connectivity index (χ2n) is 9.70. The Hall–Kier alpha value is -3.87. The van der Waals surface area contributed by atoms with Crippen molar-refractivity contribution in [1.29, 1.82) is 0 Å². The van der Waals surface area contributed by atoms with Crippen LogP contribution in [0.5, 0.6) is 5.88 Å². The number of alkyl halides is 2. The number of ether oxygens (including phenoxy) is 1. The summed E-state index contributed by atoms with van der Waals surface area (Å²) in [5.74, 6) is 0.667. The van der Waals surface area contributed by atoms with Gasteiger partial charge in [-0.15, -0.1) is 10.2 Å². The van der Waals surface area contributed by atoms with E-state index in [9.17, 15) is 9.18 Å². The average molecular weight is 526 g/mol. The fraction of sp³-hybridized carbons (Fsp3) is 0.480. The van der Waals surface area contributed by atoms with Crippen LogP contribution in [0, 0.1) is 0 Å². The van der Waals surface area contributed by atoms with Crippen molar-refractivity contribution in [3.63, 3.8) is 0 Å². The summed E-state index contributed by atoms with van der Waals surface area (Å²) in [6.45, 7) is 2.24. The highest BCUT2D eigenvalue weighted by molar-refractivity contribution is 5.89. The lowest BCUT2D eigenvalue weighted by molar-refractivity contribution is -0.136. The first kappa shape index (κ1) is 24.5. The number of carbonyl (C=O) groups is 1. The molecule has 2 saturated heterocycles. The van der Waals surface area contributed by atoms with E-state index in [0.717, 1.165) is 36.2 Å². The van der Waals surface area contributed by atoms with E-state index in [4.69, 9.17) is 4.74 Å². The molecule has 38 heavy (non-hydrogen) atoms. The number of aromatic nitrogens is 6. The van der Waals surface area contributed by atoms with Gasteiger partial charge in [0.15, 0.2) is 0 Å². The van der Waals surface area contributed by atoms with Gasteiger partial charge >= 0.3 is 0 Å². The maximum Gasteiger partial charge on any atom is 0.244 e. The number of halogens is 2. The van der Waals surface area contributed by atoms with Gasteiger partial charge in [0.2, 0.25) is 17.7 Å². The molecule has 0 unspecified atom stereocenters. The fourth-order valence-corrected chi connectivity index (χ4v) is 5.10. The molecule has 0 radical (unpaired) electrons. The van der Waals surface area contributed by atoms with Crippen molar-refractivity contribution in [2.45, 2.75) is 31.6 Å². The number of hydrogen-bond acceptors (Lipinski definition) is 8. The minimum atomic E-state index is -1.17. The third-order valence-electron chi connectivity index (χ3n) is 7.30. The Morgan fingerprint density at radius 3 is 2.84 bits per heavy atom. The highest BCUT2D eigenvalue weighted by atomic mass is 19.1. The van der Waals surface area contributed by atoms with E-state index in [1.807, 2.05) is 34.1 Å². The number of carbonyl (C=O) groups excluding carboxylic acids is 1. The number of fused-ring (bicyclic) bond motifs is 2. The minimum absolute atomic E-state index is 0.0686. The first-order valence-electron chi connectivity index (χ1n) is 12.8. The largest absolute Gasteiger partial charge is 0.479 e. The summed E-state index contributed by atoms with van der Waals surface area (Å²) in [4.78, 5) is 20.5. The summed E-state index contributed by atoms with van der Waals surface area (Å²) in [6.07, 6.45) is 2.18. The van der Waals surface area contributed by atoms with Gasteiger partial charge in [0.1, 0.15) is 23.9 Å². The molecular formula is C25H29F2N9O2. The van der Waals surface area contributed by atoms with E-state index >= 15 is 4.39 Å². The van der Waals surface area contributed by atoms with Crippen molar-refractivity contribution in [2.24, 2.45) is 0 Å². The molecule has 2 aliphatic heterocycles. The Morgan fingerprint density at radius 2 is 2.11 bits per heavy atom. The maximum absolute atomic E-state index is 15.1. The molecule has 0 saturated carbocycles. The Kier molecular flexibility index (Phi) is 6.52. The smallest absolute Gasteiger partial charge is 0.244 e. The molecule has 5 heterocycles. The molecule has 13 heteroatoms. The van der Waals surface area contributed by atoms with Crippen molar-refractivity contribution in [3.8, 4) is 17.0 Å². The van der Waals surface area contributed by atoms with Crippen molar-refractivity contribution in [1.82, 2.24) is 39.4 Å². The number of rotatable bonds is 8. The van der Waals surface area contributed by atoms with Crippen LogP contribution in [0.15, 0.2) is 30.5 Å². The first-order valence-corrected chi connectivity index (χ1v) is 12.8. The fourth-order valence-electron chi connectivity index (χ4n) is 5.10. The number of hydrogen-bond donors (Lipinski definition) is 1. The van der Waals surface area contributed by atoms with Gasteiger partial charge in [0.05, 0.1) is 31.8 Å². The second kappa shape index (κ2) is 10.1. The molecule has 3 aromatic heterocycles. The molecule has 2 aliphatic rings. The van der Waals surface area contributed by atoms with E-state index in [1.165, 1.54) is 11.8 Å². The van der Waals surface area contributed by atoms with Crippen LogP contribution in [0.25, 0.3) is 27.7 Å². The molecule has 200 valence electrons. The number of aryl methyl sites for hydroxylation is 1. The monoisotopic (exact) mass is 525 g/mol. The van der Waals surface area contributed by atoms with Crippen molar-refractivity contribution in [3.05, 3.63) is 30.5 Å². The van der Waals surface area contributed by atoms with Crippen LogP contribution < -0.4 is 10.1 Å². The predicted molar refractivity (Wildman–Crippen MR) is 137 cm³/mol. The molecule has 6 rings (SSSR count). The van der Waals surface area contributed by atoms with Crippen LogP contribution in [0.2, 0.25) is 0 Å². The highest BCUT2D eigenvalue weighted by Crippen LogP contribution is 2.33. The molecule has 2 fully saturated rings. The molecule has 1 amide bonds. The molecule has 0 aliphatic carbocycles. The van der Waals surface area contributed by atoms with Gasteiger partial charge < -0.3 is 15.0 Å². The maximum atomic E-state index is 15.1. The van der Waals surface area contributed by atoms with Crippen LogP contribution in [-0.4, -0.2) is 104 Å². The van der Waals surface area contributed by atoms with Crippen LogP contribution in [0.4, 0.5) is 14.7 Å². The average Bonchev–Trinajstić information content (AvgIpc) is 3.48. The molecule has 0 bridgehead atoms. The normalized spacial score (nSPS) is 20.1. The zero-order valence-electron chi connectivity index (χ0n) is 21.1. The van der Waals surface area contributed by atoms with E-state index in [2.05, 4.69) is 25.7 Å². The minimum Gasteiger partial charge on any atom is -0.479 e. The molecule has 1 aromatic carbocycles. The third kappa shape index (κ3) is 4.51. The third-order valence-corrected chi connectivity index (χ3v) is 7.30. The van der Waals surface area contributed by atoms with Gasteiger partial charge in [-0.3, -0.25) is 9.69 Å². The Morgan fingerprint density at radius 1 is 1.24 bits per heavy atom. The van der Waals surface area contributed by atoms with E-state index in [-0.39, 0.29) is 31.5 Å². The number of methoxy groups -OCH3 is 1. The summed E-state index contributed by atoms with van der Waals surface area (Å²) < 4.78 is 36.8. The Labute approximate surface area is 217 Å². The van der Waals surface area contributed by atoms with Gasteiger partial charge in [-0.25, -0.2) is 18.0 Å². The summed E-state index contributed by atoms with van der Waals surface area (Å²) in [6, 6.07) is 7.07. The van der Waals surface area contributed by atoms with E-state index < -0.39 is 18.9 Å². The van der Waals surface area contributed by atoms with Gasteiger partial charge in [0.25, 0.3) is 0 Å². The van der Waals surface area contributed by atoms with Crippen LogP contribution in [0.1, 0.15) is 12.8 Å². The van der Waals surface area contributed by atoms with Crippen LogP contribution in [-0.2, 0) is 11.3 Å². The number of anilines is 1. The summed E-state index contributed by atoms with van der Waals surface area (Å²) in [5.41, 5.74) is 3.74. The van der Waals surface area contributed by atoms with E-state index in [1.54, 1.807) is 10.7 Å². The van der Waals surface area contributed by atoms with Gasteiger partial charge in [-0.1, -0.05) is 11.3 Å². The number of piperidine rings is 1. The molecule has 2 atom stereocenters. The number of nitrogens with one attached hydrogen (secondary N) is 1. The quantitative estimate of drug-likeness (QED) is 0.373. The number of nitrogens with zero attached hydrogens (tertiary/aromatic N) is 8. The van der Waals surface area contributed by atoms with Crippen LogP contribution in [0.3, 0.4) is 0 Å². The predicted octanol–water partition coefficient (Wildman–Crippen LogP) is 2.18. The van der Waals surface area contributed by atoms with Gasteiger partial charge in [0, 0.05) is 37.9 Å². The van der Waals surface area contributed by atoms with Gasteiger partial charge in [-0.2, -0.15) is 4.98 Å². The number of amides is 1. The molecule has 1 N–H and O–H groups in total. The van der Waals surface area contributed by atoms with Crippen molar-refractivity contribution >= 4 is 28.4 Å². The van der Waals surface area contributed by atoms with Crippen molar-refractivity contribution in [2.75, 3.05) is 51.8 Å². The number of likely N-dealkylation sites (tertiary alicyclic amines) is 2. The van der Waals surface area contributed by atoms with Crippen molar-refractivity contribution < 1.29 is 18.3 Å².